The third-order valence-corrected chi connectivity index (χ3v) is 2.43. The van der Waals surface area contributed by atoms with Crippen molar-refractivity contribution < 1.29 is 14.6 Å². The Morgan fingerprint density at radius 1 is 1.29 bits per heavy atom. The second kappa shape index (κ2) is 8.06. The first-order chi connectivity index (χ1) is 8.27. The molecule has 0 radical (unpaired) electrons. The van der Waals surface area contributed by atoms with Crippen LogP contribution in [0.15, 0.2) is 24.3 Å². The van der Waals surface area contributed by atoms with E-state index < -0.39 is 0 Å². The lowest BCUT2D eigenvalue weighted by Crippen LogP contribution is -2.28. The van der Waals surface area contributed by atoms with Gasteiger partial charge in [0.1, 0.15) is 12.4 Å². The molecule has 1 rings (SSSR count). The maximum absolute atomic E-state index is 8.95. The van der Waals surface area contributed by atoms with Gasteiger partial charge in [0, 0.05) is 25.3 Å². The number of aliphatic hydroxyl groups excluding tert-OH is 1. The molecule has 2 N–H and O–H groups in total. The molecular formula is C13H21NO3. The molecule has 4 heteroatoms. The number of methoxy groups -OCH3 is 1. The Hall–Kier alpha value is -1.10. The molecule has 17 heavy (non-hydrogen) atoms. The van der Waals surface area contributed by atoms with Crippen LogP contribution in [-0.4, -0.2) is 38.1 Å². The van der Waals surface area contributed by atoms with E-state index in [-0.39, 0.29) is 12.6 Å². The van der Waals surface area contributed by atoms with Crippen LogP contribution in [0.25, 0.3) is 0 Å². The molecule has 0 aliphatic heterocycles. The average Bonchev–Trinajstić information content (AvgIpc) is 2.37. The maximum atomic E-state index is 8.95. The minimum atomic E-state index is 0.0852. The second-order valence-electron chi connectivity index (χ2n) is 3.91. The topological polar surface area (TPSA) is 50.7 Å². The van der Waals surface area contributed by atoms with E-state index in [2.05, 4.69) is 5.32 Å². The molecule has 0 aromatic heterocycles. The van der Waals surface area contributed by atoms with Crippen molar-refractivity contribution in [2.75, 3.05) is 26.9 Å². The molecule has 0 saturated heterocycles. The Morgan fingerprint density at radius 3 is 2.76 bits per heavy atom. The van der Waals surface area contributed by atoms with Crippen molar-refractivity contribution in [2.45, 2.75) is 19.5 Å². The van der Waals surface area contributed by atoms with Crippen molar-refractivity contribution in [3.05, 3.63) is 29.8 Å². The molecule has 0 aliphatic carbocycles. The number of rotatable bonds is 8. The fourth-order valence-corrected chi connectivity index (χ4v) is 1.37. The zero-order valence-electron chi connectivity index (χ0n) is 10.5. The lowest BCUT2D eigenvalue weighted by atomic mass is 10.2. The maximum Gasteiger partial charge on any atom is 0.123 e. The van der Waals surface area contributed by atoms with Gasteiger partial charge < -0.3 is 19.9 Å². The molecule has 0 saturated carbocycles. The van der Waals surface area contributed by atoms with Crippen molar-refractivity contribution in [3.8, 4) is 5.75 Å². The smallest absolute Gasteiger partial charge is 0.123 e. The summed E-state index contributed by atoms with van der Waals surface area (Å²) in [5.41, 5.74) is 1.09. The molecular weight excluding hydrogens is 218 g/mol. The Balaban J connectivity index is 2.51. The highest BCUT2D eigenvalue weighted by atomic mass is 16.5. The Labute approximate surface area is 103 Å². The van der Waals surface area contributed by atoms with Gasteiger partial charge in [0.25, 0.3) is 0 Å². The van der Waals surface area contributed by atoms with Gasteiger partial charge in [-0.15, -0.1) is 0 Å². The summed E-state index contributed by atoms with van der Waals surface area (Å²) in [6, 6.07) is 7.96. The van der Waals surface area contributed by atoms with Crippen LogP contribution in [0.2, 0.25) is 0 Å². The summed E-state index contributed by atoms with van der Waals surface area (Å²) in [5, 5.41) is 12.2. The summed E-state index contributed by atoms with van der Waals surface area (Å²) >= 11 is 0. The minimum Gasteiger partial charge on any atom is -0.491 e. The molecule has 4 nitrogen and oxygen atoms in total. The lowest BCUT2D eigenvalue weighted by Gasteiger charge is -2.14. The lowest BCUT2D eigenvalue weighted by molar-refractivity contribution is 0.145. The SMILES string of the molecule is COCCOc1ccccc1CNC(C)CO. The summed E-state index contributed by atoms with van der Waals surface area (Å²) in [6.45, 7) is 3.88. The van der Waals surface area contributed by atoms with Gasteiger partial charge in [0.05, 0.1) is 13.2 Å². The van der Waals surface area contributed by atoms with E-state index in [9.17, 15) is 0 Å². The normalized spacial score (nSPS) is 12.4. The molecule has 0 spiro atoms. The van der Waals surface area contributed by atoms with Crippen LogP contribution in [0, 0.1) is 0 Å². The quantitative estimate of drug-likeness (QED) is 0.669. The number of ether oxygens (including phenoxy) is 2. The number of aliphatic hydroxyl groups is 1. The number of benzene rings is 1. The summed E-state index contributed by atoms with van der Waals surface area (Å²) in [5.74, 6) is 0.863. The van der Waals surface area contributed by atoms with Crippen LogP contribution in [0.3, 0.4) is 0 Å². The zero-order valence-corrected chi connectivity index (χ0v) is 10.5. The van der Waals surface area contributed by atoms with Crippen LogP contribution in [-0.2, 0) is 11.3 Å². The van der Waals surface area contributed by atoms with E-state index in [1.165, 1.54) is 0 Å². The van der Waals surface area contributed by atoms with Crippen LogP contribution >= 0.6 is 0 Å². The van der Waals surface area contributed by atoms with Crippen molar-refractivity contribution >= 4 is 0 Å². The van der Waals surface area contributed by atoms with E-state index in [0.717, 1.165) is 11.3 Å². The molecule has 0 fully saturated rings. The number of para-hydroxylation sites is 1. The van der Waals surface area contributed by atoms with Crippen molar-refractivity contribution in [3.63, 3.8) is 0 Å². The van der Waals surface area contributed by atoms with Crippen LogP contribution in [0.5, 0.6) is 5.75 Å². The molecule has 1 aromatic rings. The van der Waals surface area contributed by atoms with E-state index in [0.29, 0.717) is 19.8 Å². The van der Waals surface area contributed by atoms with Gasteiger partial charge >= 0.3 is 0 Å². The highest BCUT2D eigenvalue weighted by molar-refractivity contribution is 5.33. The Bertz CT molecular complexity index is 317. The molecule has 1 unspecified atom stereocenters. The molecule has 0 aliphatic rings. The van der Waals surface area contributed by atoms with Crippen LogP contribution < -0.4 is 10.1 Å². The third kappa shape index (κ3) is 5.17. The molecule has 0 bridgehead atoms. The standard InChI is InChI=1S/C13H21NO3/c1-11(10-15)14-9-12-5-3-4-6-13(12)17-8-7-16-2/h3-6,11,14-15H,7-10H2,1-2H3. The van der Waals surface area contributed by atoms with Crippen molar-refractivity contribution in [1.29, 1.82) is 0 Å². The molecule has 1 aromatic carbocycles. The van der Waals surface area contributed by atoms with Gasteiger partial charge in [-0.25, -0.2) is 0 Å². The highest BCUT2D eigenvalue weighted by Gasteiger charge is 2.04. The van der Waals surface area contributed by atoms with E-state index in [4.69, 9.17) is 14.6 Å². The Morgan fingerprint density at radius 2 is 2.06 bits per heavy atom. The largest absolute Gasteiger partial charge is 0.491 e. The monoisotopic (exact) mass is 239 g/mol. The predicted octanol–water partition coefficient (Wildman–Crippen LogP) is 1.18. The van der Waals surface area contributed by atoms with Gasteiger partial charge in [-0.05, 0) is 13.0 Å². The fraction of sp³-hybridized carbons (Fsp3) is 0.538. The fourth-order valence-electron chi connectivity index (χ4n) is 1.37. The minimum absolute atomic E-state index is 0.0852. The number of nitrogens with one attached hydrogen (secondary N) is 1. The van der Waals surface area contributed by atoms with E-state index in [1.807, 2.05) is 31.2 Å². The number of hydrogen-bond acceptors (Lipinski definition) is 4. The second-order valence-corrected chi connectivity index (χ2v) is 3.91. The Kier molecular flexibility index (Phi) is 6.62. The van der Waals surface area contributed by atoms with E-state index >= 15 is 0 Å². The first kappa shape index (κ1) is 14.0. The van der Waals surface area contributed by atoms with Crippen molar-refractivity contribution in [1.82, 2.24) is 5.32 Å². The van der Waals surface area contributed by atoms with Crippen LogP contribution in [0.4, 0.5) is 0 Å². The highest BCUT2D eigenvalue weighted by Crippen LogP contribution is 2.17. The van der Waals surface area contributed by atoms with Gasteiger partial charge in [0.15, 0.2) is 0 Å². The third-order valence-electron chi connectivity index (χ3n) is 2.43. The van der Waals surface area contributed by atoms with Gasteiger partial charge in [-0.2, -0.15) is 0 Å². The van der Waals surface area contributed by atoms with Gasteiger partial charge in [-0.1, -0.05) is 18.2 Å². The molecule has 1 atom stereocenters. The van der Waals surface area contributed by atoms with Gasteiger partial charge in [0.2, 0.25) is 0 Å². The van der Waals surface area contributed by atoms with Gasteiger partial charge in [-0.3, -0.25) is 0 Å². The summed E-state index contributed by atoms with van der Waals surface area (Å²) in [7, 11) is 1.65. The summed E-state index contributed by atoms with van der Waals surface area (Å²) in [4.78, 5) is 0. The van der Waals surface area contributed by atoms with Crippen LogP contribution in [0.1, 0.15) is 12.5 Å². The first-order valence-corrected chi connectivity index (χ1v) is 5.81. The molecule has 96 valence electrons. The predicted molar refractivity (Wildman–Crippen MR) is 67.2 cm³/mol. The van der Waals surface area contributed by atoms with E-state index in [1.54, 1.807) is 7.11 Å². The summed E-state index contributed by atoms with van der Waals surface area (Å²) in [6.07, 6.45) is 0. The summed E-state index contributed by atoms with van der Waals surface area (Å²) < 4.78 is 10.6. The number of hydrogen-bond donors (Lipinski definition) is 2. The molecule has 0 amide bonds. The zero-order chi connectivity index (χ0) is 12.5. The first-order valence-electron chi connectivity index (χ1n) is 5.81. The average molecular weight is 239 g/mol. The molecule has 0 heterocycles. The van der Waals surface area contributed by atoms with Crippen molar-refractivity contribution in [2.24, 2.45) is 0 Å².